The van der Waals surface area contributed by atoms with Crippen molar-refractivity contribution in [1.29, 1.82) is 0 Å². The van der Waals surface area contributed by atoms with Gasteiger partial charge in [-0.1, -0.05) is 41.9 Å². The van der Waals surface area contributed by atoms with Crippen LogP contribution in [0.2, 0.25) is 5.02 Å². The summed E-state index contributed by atoms with van der Waals surface area (Å²) >= 11 is 6.06. The van der Waals surface area contributed by atoms with Gasteiger partial charge in [0, 0.05) is 25.5 Å². The van der Waals surface area contributed by atoms with Gasteiger partial charge in [0.05, 0.1) is 23.8 Å². The molecular weight excluding hydrogens is 376 g/mol. The van der Waals surface area contributed by atoms with E-state index < -0.39 is 0 Å². The number of ether oxygens (including phenoxy) is 1. The molecule has 146 valence electrons. The number of carbonyl (C=O) groups excluding carboxylic acids is 1. The number of rotatable bonds is 4. The van der Waals surface area contributed by atoms with Crippen molar-refractivity contribution in [1.82, 2.24) is 19.2 Å². The monoisotopic (exact) mass is 398 g/mol. The van der Waals surface area contributed by atoms with Gasteiger partial charge in [0.2, 0.25) is 0 Å². The van der Waals surface area contributed by atoms with Crippen LogP contribution >= 0.6 is 11.6 Å². The lowest BCUT2D eigenvalue weighted by atomic mass is 9.97. The molecule has 4 rings (SSSR count). The third-order valence-corrected chi connectivity index (χ3v) is 5.16. The number of benzene rings is 1. The molecule has 2 atom stereocenters. The summed E-state index contributed by atoms with van der Waals surface area (Å²) in [5.74, 6) is -0.0965. The molecule has 0 spiro atoms. The maximum atomic E-state index is 13.4. The average Bonchev–Trinajstić information content (AvgIpc) is 3.10. The van der Waals surface area contributed by atoms with Gasteiger partial charge in [-0.15, -0.1) is 0 Å². The Hall–Kier alpha value is -2.41. The molecule has 1 aliphatic rings. The number of pyridine rings is 1. The van der Waals surface area contributed by atoms with Gasteiger partial charge in [-0.25, -0.2) is 4.98 Å². The van der Waals surface area contributed by atoms with E-state index in [1.165, 1.54) is 0 Å². The summed E-state index contributed by atoms with van der Waals surface area (Å²) in [6.07, 6.45) is 3.38. The van der Waals surface area contributed by atoms with Crippen molar-refractivity contribution in [2.24, 2.45) is 0 Å². The number of imidazole rings is 1. The highest BCUT2D eigenvalue weighted by Gasteiger charge is 2.37. The molecule has 0 radical (unpaired) electrons. The van der Waals surface area contributed by atoms with Crippen molar-refractivity contribution >= 4 is 23.2 Å². The van der Waals surface area contributed by atoms with Crippen molar-refractivity contribution < 1.29 is 9.53 Å². The number of halogens is 1. The van der Waals surface area contributed by atoms with E-state index in [1.54, 1.807) is 22.9 Å². The van der Waals surface area contributed by atoms with Crippen LogP contribution in [-0.4, -0.2) is 65.0 Å². The summed E-state index contributed by atoms with van der Waals surface area (Å²) in [5.41, 5.74) is 2.17. The van der Waals surface area contributed by atoms with E-state index in [9.17, 15) is 4.79 Å². The zero-order chi connectivity index (χ0) is 19.7. The normalized spacial score (nSPS) is 20.1. The first-order valence-corrected chi connectivity index (χ1v) is 9.67. The first-order chi connectivity index (χ1) is 13.5. The average molecular weight is 399 g/mol. The van der Waals surface area contributed by atoms with Gasteiger partial charge in [0.25, 0.3) is 5.91 Å². The minimum absolute atomic E-state index is 0.0965. The molecule has 0 unspecified atom stereocenters. The summed E-state index contributed by atoms with van der Waals surface area (Å²) < 4.78 is 7.85. The fraction of sp³-hybridized carbons (Fsp3) is 0.333. The fourth-order valence-corrected chi connectivity index (χ4v) is 3.90. The smallest absolute Gasteiger partial charge is 0.274 e. The van der Waals surface area contributed by atoms with Crippen molar-refractivity contribution in [2.75, 3.05) is 33.8 Å². The lowest BCUT2D eigenvalue weighted by Crippen LogP contribution is -2.51. The van der Waals surface area contributed by atoms with Crippen LogP contribution in [0.5, 0.6) is 0 Å². The summed E-state index contributed by atoms with van der Waals surface area (Å²) in [6, 6.07) is 13.5. The van der Waals surface area contributed by atoms with Crippen molar-refractivity contribution in [2.45, 2.75) is 12.1 Å². The number of hydrogen-bond acceptors (Lipinski definition) is 4. The highest BCUT2D eigenvalue weighted by Crippen LogP contribution is 2.31. The Morgan fingerprint density at radius 2 is 2.00 bits per heavy atom. The Morgan fingerprint density at radius 1 is 1.21 bits per heavy atom. The Morgan fingerprint density at radius 3 is 2.75 bits per heavy atom. The second-order valence-corrected chi connectivity index (χ2v) is 7.70. The predicted molar refractivity (Wildman–Crippen MR) is 109 cm³/mol. The molecule has 0 bridgehead atoms. The molecule has 1 aromatic carbocycles. The van der Waals surface area contributed by atoms with Crippen molar-refractivity contribution in [3.8, 4) is 0 Å². The number of carbonyl (C=O) groups is 1. The Bertz CT molecular complexity index is 973. The molecule has 1 amide bonds. The molecule has 3 aromatic rings. The van der Waals surface area contributed by atoms with Crippen LogP contribution in [0.25, 0.3) is 5.65 Å². The largest absolute Gasteiger partial charge is 0.373 e. The number of likely N-dealkylation sites (N-methyl/N-ethyl adjacent to an activating group) is 1. The summed E-state index contributed by atoms with van der Waals surface area (Å²) in [6.45, 7) is 1.76. The van der Waals surface area contributed by atoms with E-state index >= 15 is 0 Å². The number of fused-ring (bicyclic) bond motifs is 1. The highest BCUT2D eigenvalue weighted by atomic mass is 35.5. The van der Waals surface area contributed by atoms with Crippen LogP contribution in [0.15, 0.2) is 54.9 Å². The van der Waals surface area contributed by atoms with Crippen LogP contribution in [0.3, 0.4) is 0 Å². The molecule has 2 aromatic heterocycles. The third kappa shape index (κ3) is 3.76. The Balaban J connectivity index is 1.70. The van der Waals surface area contributed by atoms with Gasteiger partial charge in [0.15, 0.2) is 0 Å². The third-order valence-electron chi connectivity index (χ3n) is 4.93. The summed E-state index contributed by atoms with van der Waals surface area (Å²) in [5, 5.41) is 0.600. The fourth-order valence-electron chi connectivity index (χ4n) is 3.73. The van der Waals surface area contributed by atoms with Gasteiger partial charge in [0.1, 0.15) is 11.3 Å². The Kier molecular flexibility index (Phi) is 5.35. The number of aromatic nitrogens is 2. The summed E-state index contributed by atoms with van der Waals surface area (Å²) in [4.78, 5) is 21.9. The Labute approximate surface area is 169 Å². The van der Waals surface area contributed by atoms with E-state index in [0.717, 1.165) is 12.1 Å². The zero-order valence-electron chi connectivity index (χ0n) is 16.0. The molecule has 6 nitrogen and oxygen atoms in total. The molecule has 0 N–H and O–H groups in total. The second-order valence-electron chi connectivity index (χ2n) is 7.26. The minimum atomic E-state index is -0.168. The van der Waals surface area contributed by atoms with E-state index in [2.05, 4.69) is 9.88 Å². The van der Waals surface area contributed by atoms with E-state index in [-0.39, 0.29) is 18.1 Å². The van der Waals surface area contributed by atoms with Crippen LogP contribution < -0.4 is 0 Å². The number of nitrogens with zero attached hydrogens (tertiary/aromatic N) is 4. The maximum Gasteiger partial charge on any atom is 0.274 e. The second kappa shape index (κ2) is 7.91. The van der Waals surface area contributed by atoms with E-state index in [1.807, 2.05) is 55.4 Å². The van der Waals surface area contributed by atoms with Gasteiger partial charge in [-0.3, -0.25) is 4.79 Å². The van der Waals surface area contributed by atoms with Gasteiger partial charge in [-0.05, 0) is 31.8 Å². The number of hydrogen-bond donors (Lipinski definition) is 0. The van der Waals surface area contributed by atoms with Gasteiger partial charge < -0.3 is 18.9 Å². The molecular formula is C21H23ClN4O2. The molecule has 0 aliphatic carbocycles. The number of amides is 1. The molecule has 7 heteroatoms. The topological polar surface area (TPSA) is 50.1 Å². The maximum absolute atomic E-state index is 13.4. The minimum Gasteiger partial charge on any atom is -0.373 e. The SMILES string of the molecule is CN(C)C[C@@H]1OCCN(C(=O)c2cn3cc(Cl)ccc3n2)[C@H]1c1ccccc1. The highest BCUT2D eigenvalue weighted by molar-refractivity contribution is 6.30. The van der Waals surface area contributed by atoms with Crippen molar-refractivity contribution in [3.63, 3.8) is 0 Å². The molecule has 0 saturated carbocycles. The quantitative estimate of drug-likeness (QED) is 0.677. The molecule has 1 saturated heterocycles. The van der Waals surface area contributed by atoms with Gasteiger partial charge in [-0.2, -0.15) is 0 Å². The first kappa shape index (κ1) is 18.9. The van der Waals surface area contributed by atoms with Crippen molar-refractivity contribution in [3.05, 3.63) is 71.1 Å². The number of morpholine rings is 1. The van der Waals surface area contributed by atoms with E-state index in [0.29, 0.717) is 29.5 Å². The standard InChI is InChI=1S/C21H23ClN4O2/c1-24(2)14-18-20(15-6-4-3-5-7-15)26(10-11-28-18)21(27)17-13-25-12-16(22)8-9-19(25)23-17/h3-9,12-13,18,20H,10-11,14H2,1-2H3/t18-,20-/m0/s1. The lowest BCUT2D eigenvalue weighted by Gasteiger charge is -2.42. The first-order valence-electron chi connectivity index (χ1n) is 9.29. The summed E-state index contributed by atoms with van der Waals surface area (Å²) in [7, 11) is 4.02. The van der Waals surface area contributed by atoms with Crippen LogP contribution in [0.4, 0.5) is 0 Å². The molecule has 1 aliphatic heterocycles. The van der Waals surface area contributed by atoms with Crippen LogP contribution in [0, 0.1) is 0 Å². The van der Waals surface area contributed by atoms with Crippen LogP contribution in [-0.2, 0) is 4.74 Å². The molecule has 1 fully saturated rings. The molecule has 28 heavy (non-hydrogen) atoms. The van der Waals surface area contributed by atoms with Crippen LogP contribution in [0.1, 0.15) is 22.1 Å². The predicted octanol–water partition coefficient (Wildman–Crippen LogP) is 3.13. The van der Waals surface area contributed by atoms with E-state index in [4.69, 9.17) is 16.3 Å². The van der Waals surface area contributed by atoms with Gasteiger partial charge >= 0.3 is 0 Å². The lowest BCUT2D eigenvalue weighted by molar-refractivity contribution is -0.0685. The zero-order valence-corrected chi connectivity index (χ0v) is 16.7. The molecule has 3 heterocycles.